The van der Waals surface area contributed by atoms with Gasteiger partial charge in [-0.05, 0) is 49.6 Å². The van der Waals surface area contributed by atoms with Gasteiger partial charge in [-0.15, -0.1) is 0 Å². The van der Waals surface area contributed by atoms with Crippen molar-refractivity contribution in [2.24, 2.45) is 0 Å². The minimum atomic E-state index is -0.138. The van der Waals surface area contributed by atoms with Gasteiger partial charge < -0.3 is 14.6 Å². The van der Waals surface area contributed by atoms with E-state index in [2.05, 4.69) is 20.2 Å². The SMILES string of the molecule is Cc1ccc(CNC(=O)c2cccc(-c3cnc(N4CCCC4)nc3)c2)o1. The molecule has 27 heavy (non-hydrogen) atoms. The molecule has 0 saturated carbocycles. The van der Waals surface area contributed by atoms with E-state index in [4.69, 9.17) is 4.42 Å². The topological polar surface area (TPSA) is 71.3 Å². The Kier molecular flexibility index (Phi) is 4.87. The molecule has 1 aromatic carbocycles. The molecule has 1 amide bonds. The fourth-order valence-electron chi connectivity index (χ4n) is 3.24. The lowest BCUT2D eigenvalue weighted by molar-refractivity contribution is 0.0948. The lowest BCUT2D eigenvalue weighted by Gasteiger charge is -2.14. The summed E-state index contributed by atoms with van der Waals surface area (Å²) in [4.78, 5) is 23.6. The molecule has 0 atom stereocenters. The number of nitrogens with zero attached hydrogens (tertiary/aromatic N) is 3. The van der Waals surface area contributed by atoms with Crippen LogP contribution < -0.4 is 10.2 Å². The molecule has 0 unspecified atom stereocenters. The van der Waals surface area contributed by atoms with Gasteiger partial charge in [-0.3, -0.25) is 4.79 Å². The lowest BCUT2D eigenvalue weighted by atomic mass is 10.1. The number of carbonyl (C=O) groups excluding carboxylic acids is 1. The molecule has 1 aliphatic heterocycles. The van der Waals surface area contributed by atoms with Gasteiger partial charge in [-0.2, -0.15) is 0 Å². The van der Waals surface area contributed by atoms with Gasteiger partial charge in [0.25, 0.3) is 5.91 Å². The summed E-state index contributed by atoms with van der Waals surface area (Å²) in [5, 5.41) is 2.88. The summed E-state index contributed by atoms with van der Waals surface area (Å²) in [6, 6.07) is 11.2. The van der Waals surface area contributed by atoms with E-state index in [1.165, 1.54) is 12.8 Å². The maximum absolute atomic E-state index is 12.4. The Labute approximate surface area is 158 Å². The highest BCUT2D eigenvalue weighted by Gasteiger charge is 2.15. The molecule has 6 heteroatoms. The molecule has 1 N–H and O–H groups in total. The van der Waals surface area contributed by atoms with Crippen molar-refractivity contribution in [2.45, 2.75) is 26.3 Å². The van der Waals surface area contributed by atoms with Crippen LogP contribution in [0, 0.1) is 6.92 Å². The second-order valence-corrected chi connectivity index (χ2v) is 6.74. The van der Waals surface area contributed by atoms with Gasteiger partial charge in [0.15, 0.2) is 0 Å². The normalized spacial score (nSPS) is 13.7. The van der Waals surface area contributed by atoms with Gasteiger partial charge >= 0.3 is 0 Å². The van der Waals surface area contributed by atoms with Crippen LogP contribution in [0.3, 0.4) is 0 Å². The Morgan fingerprint density at radius 2 is 1.89 bits per heavy atom. The minimum Gasteiger partial charge on any atom is -0.465 e. The van der Waals surface area contributed by atoms with Crippen LogP contribution in [0.1, 0.15) is 34.7 Å². The van der Waals surface area contributed by atoms with Gasteiger partial charge in [-0.1, -0.05) is 12.1 Å². The van der Waals surface area contributed by atoms with E-state index in [1.54, 1.807) is 6.07 Å². The first-order chi connectivity index (χ1) is 13.2. The zero-order valence-electron chi connectivity index (χ0n) is 15.3. The standard InChI is InChI=1S/C21H22N4O2/c1-15-7-8-19(27-15)14-22-20(26)17-6-4-5-16(11-17)18-12-23-21(24-13-18)25-9-2-3-10-25/h4-8,11-13H,2-3,9-10,14H2,1H3,(H,22,26). The summed E-state index contributed by atoms with van der Waals surface area (Å²) in [6.45, 7) is 4.28. The van der Waals surface area contributed by atoms with Crippen LogP contribution in [0.15, 0.2) is 53.2 Å². The average molecular weight is 362 g/mol. The number of nitrogens with one attached hydrogen (secondary N) is 1. The third-order valence-corrected chi connectivity index (χ3v) is 4.70. The van der Waals surface area contributed by atoms with Crippen molar-refractivity contribution in [1.82, 2.24) is 15.3 Å². The van der Waals surface area contributed by atoms with Gasteiger partial charge in [0.1, 0.15) is 11.5 Å². The Morgan fingerprint density at radius 1 is 1.11 bits per heavy atom. The molecule has 4 rings (SSSR count). The van der Waals surface area contributed by atoms with Crippen molar-refractivity contribution < 1.29 is 9.21 Å². The second-order valence-electron chi connectivity index (χ2n) is 6.74. The zero-order chi connectivity index (χ0) is 18.6. The van der Waals surface area contributed by atoms with E-state index >= 15 is 0 Å². The summed E-state index contributed by atoms with van der Waals surface area (Å²) in [6.07, 6.45) is 6.03. The fraction of sp³-hybridized carbons (Fsp3) is 0.286. The molecule has 3 heterocycles. The second kappa shape index (κ2) is 7.61. The average Bonchev–Trinajstić information content (AvgIpc) is 3.38. The van der Waals surface area contributed by atoms with Crippen LogP contribution in [0.2, 0.25) is 0 Å². The van der Waals surface area contributed by atoms with Gasteiger partial charge in [0.2, 0.25) is 5.95 Å². The monoisotopic (exact) mass is 362 g/mol. The number of rotatable bonds is 5. The smallest absolute Gasteiger partial charge is 0.251 e. The van der Waals surface area contributed by atoms with Crippen molar-refractivity contribution in [3.63, 3.8) is 0 Å². The van der Waals surface area contributed by atoms with Crippen molar-refractivity contribution >= 4 is 11.9 Å². The molecule has 0 radical (unpaired) electrons. The maximum atomic E-state index is 12.4. The summed E-state index contributed by atoms with van der Waals surface area (Å²) in [5.74, 6) is 2.21. The van der Waals surface area contributed by atoms with E-state index in [0.29, 0.717) is 12.1 Å². The first-order valence-electron chi connectivity index (χ1n) is 9.20. The van der Waals surface area contributed by atoms with Gasteiger partial charge in [0, 0.05) is 36.6 Å². The number of benzene rings is 1. The number of furan rings is 1. The summed E-state index contributed by atoms with van der Waals surface area (Å²) in [5.41, 5.74) is 2.41. The van der Waals surface area contributed by atoms with Crippen LogP contribution in [-0.2, 0) is 6.54 Å². The predicted octanol–water partition coefficient (Wildman–Crippen LogP) is 3.58. The number of anilines is 1. The van der Waals surface area contributed by atoms with Crippen LogP contribution in [-0.4, -0.2) is 29.0 Å². The number of hydrogen-bond acceptors (Lipinski definition) is 5. The van der Waals surface area contributed by atoms with Crippen molar-refractivity contribution in [1.29, 1.82) is 0 Å². The Bertz CT molecular complexity index is 927. The molecule has 1 aliphatic rings. The maximum Gasteiger partial charge on any atom is 0.251 e. The third kappa shape index (κ3) is 4.00. The van der Waals surface area contributed by atoms with Gasteiger partial charge in [0.05, 0.1) is 6.54 Å². The Balaban J connectivity index is 1.45. The van der Waals surface area contributed by atoms with E-state index in [-0.39, 0.29) is 5.91 Å². The first kappa shape index (κ1) is 17.3. The summed E-state index contributed by atoms with van der Waals surface area (Å²) < 4.78 is 5.48. The van der Waals surface area contributed by atoms with Crippen molar-refractivity contribution in [3.05, 3.63) is 65.9 Å². The number of carbonyl (C=O) groups is 1. The highest BCUT2D eigenvalue weighted by atomic mass is 16.3. The quantitative estimate of drug-likeness (QED) is 0.751. The van der Waals surface area contributed by atoms with Crippen LogP contribution >= 0.6 is 0 Å². The zero-order valence-corrected chi connectivity index (χ0v) is 15.3. The molecule has 2 aromatic heterocycles. The van der Waals surface area contributed by atoms with Crippen LogP contribution in [0.25, 0.3) is 11.1 Å². The van der Waals surface area contributed by atoms with E-state index < -0.39 is 0 Å². The molecular formula is C21H22N4O2. The van der Waals surface area contributed by atoms with Crippen LogP contribution in [0.4, 0.5) is 5.95 Å². The molecule has 138 valence electrons. The third-order valence-electron chi connectivity index (χ3n) is 4.70. The Morgan fingerprint density at radius 3 is 2.59 bits per heavy atom. The molecular weight excluding hydrogens is 340 g/mol. The number of aromatic nitrogens is 2. The predicted molar refractivity (Wildman–Crippen MR) is 104 cm³/mol. The molecule has 0 bridgehead atoms. The van der Waals surface area contributed by atoms with E-state index in [1.807, 2.05) is 49.6 Å². The lowest BCUT2D eigenvalue weighted by Crippen LogP contribution is -2.22. The molecule has 1 saturated heterocycles. The van der Waals surface area contributed by atoms with Gasteiger partial charge in [-0.25, -0.2) is 9.97 Å². The fourth-order valence-corrected chi connectivity index (χ4v) is 3.24. The molecule has 3 aromatic rings. The van der Waals surface area contributed by atoms with Crippen molar-refractivity contribution in [3.8, 4) is 11.1 Å². The van der Waals surface area contributed by atoms with Crippen molar-refractivity contribution in [2.75, 3.05) is 18.0 Å². The van der Waals surface area contributed by atoms with E-state index in [9.17, 15) is 4.79 Å². The van der Waals surface area contributed by atoms with Crippen LogP contribution in [0.5, 0.6) is 0 Å². The summed E-state index contributed by atoms with van der Waals surface area (Å²) >= 11 is 0. The first-order valence-corrected chi connectivity index (χ1v) is 9.20. The Hall–Kier alpha value is -3.15. The number of aryl methyl sites for hydroxylation is 1. The minimum absolute atomic E-state index is 0.138. The number of hydrogen-bond donors (Lipinski definition) is 1. The highest BCUT2D eigenvalue weighted by Crippen LogP contribution is 2.22. The molecule has 1 fully saturated rings. The van der Waals surface area contributed by atoms with E-state index in [0.717, 1.165) is 41.7 Å². The number of amides is 1. The largest absolute Gasteiger partial charge is 0.465 e. The summed E-state index contributed by atoms with van der Waals surface area (Å²) in [7, 11) is 0. The molecule has 0 aliphatic carbocycles. The highest BCUT2D eigenvalue weighted by molar-refractivity contribution is 5.95. The molecule has 0 spiro atoms. The molecule has 6 nitrogen and oxygen atoms in total.